The Labute approximate surface area is 199 Å². The fraction of sp³-hybridized carbons (Fsp3) is 0.480. The van der Waals surface area contributed by atoms with Crippen LogP contribution in [0, 0.1) is 12.8 Å². The second-order valence-corrected chi connectivity index (χ2v) is 10.1. The van der Waals surface area contributed by atoms with Crippen LogP contribution < -0.4 is 10.2 Å². The molecule has 0 unspecified atom stereocenters. The first-order valence-electron chi connectivity index (χ1n) is 11.6. The number of likely N-dealkylation sites (tertiary alicyclic amines) is 1. The van der Waals surface area contributed by atoms with Gasteiger partial charge in [-0.05, 0) is 69.3 Å². The number of anilines is 1. The van der Waals surface area contributed by atoms with Crippen molar-refractivity contribution in [3.63, 3.8) is 0 Å². The summed E-state index contributed by atoms with van der Waals surface area (Å²) in [4.78, 5) is 44.7. The maximum absolute atomic E-state index is 13.0. The lowest BCUT2D eigenvalue weighted by Crippen LogP contribution is -2.45. The third-order valence-corrected chi connectivity index (χ3v) is 7.66. The van der Waals surface area contributed by atoms with E-state index >= 15 is 0 Å². The zero-order valence-corrected chi connectivity index (χ0v) is 20.3. The Bertz CT molecular complexity index is 984. The van der Waals surface area contributed by atoms with E-state index in [9.17, 15) is 14.4 Å². The molecule has 0 aliphatic carbocycles. The van der Waals surface area contributed by atoms with Crippen LogP contribution >= 0.6 is 11.3 Å². The molecule has 8 heteroatoms. The van der Waals surface area contributed by atoms with E-state index in [2.05, 4.69) is 28.6 Å². The van der Waals surface area contributed by atoms with Gasteiger partial charge in [-0.15, -0.1) is 11.3 Å². The van der Waals surface area contributed by atoms with E-state index in [1.54, 1.807) is 18.3 Å². The van der Waals surface area contributed by atoms with Crippen LogP contribution in [-0.2, 0) is 9.59 Å². The van der Waals surface area contributed by atoms with Crippen molar-refractivity contribution >= 4 is 34.9 Å². The summed E-state index contributed by atoms with van der Waals surface area (Å²) in [6.07, 6.45) is 2.30. The second kappa shape index (κ2) is 10.1. The Balaban J connectivity index is 1.39. The first-order valence-corrected chi connectivity index (χ1v) is 12.5. The first-order chi connectivity index (χ1) is 15.8. The molecule has 2 aliphatic rings. The highest BCUT2D eigenvalue weighted by Gasteiger charge is 2.44. The lowest BCUT2D eigenvalue weighted by Gasteiger charge is -2.36. The summed E-state index contributed by atoms with van der Waals surface area (Å²) in [5.74, 6) is 0.0580. The molecule has 33 heavy (non-hydrogen) atoms. The number of benzene rings is 1. The number of nitrogens with zero attached hydrogens (tertiary/aromatic N) is 3. The molecule has 2 fully saturated rings. The van der Waals surface area contributed by atoms with Gasteiger partial charge in [-0.3, -0.25) is 24.3 Å². The molecule has 2 aromatic rings. The van der Waals surface area contributed by atoms with Gasteiger partial charge in [0.25, 0.3) is 5.91 Å². The van der Waals surface area contributed by atoms with Crippen molar-refractivity contribution in [2.24, 2.45) is 5.92 Å². The van der Waals surface area contributed by atoms with Gasteiger partial charge in [-0.25, -0.2) is 4.79 Å². The smallest absolute Gasteiger partial charge is 0.332 e. The van der Waals surface area contributed by atoms with Crippen LogP contribution in [0.25, 0.3) is 0 Å². The SMILES string of the molecule is Cc1ccc(N2C(=O)N(CC(=O)NC[C@H](c3cccs3)N3CCC(C)CC3)C(=O)[C@@H]2C)cc1. The average Bonchev–Trinajstić information content (AvgIpc) is 3.40. The minimum absolute atomic E-state index is 0.106. The van der Waals surface area contributed by atoms with Crippen LogP contribution in [0.3, 0.4) is 0 Å². The summed E-state index contributed by atoms with van der Waals surface area (Å²) >= 11 is 1.69. The molecule has 0 saturated carbocycles. The number of aryl methyl sites for hydroxylation is 1. The summed E-state index contributed by atoms with van der Waals surface area (Å²) in [7, 11) is 0. The van der Waals surface area contributed by atoms with E-state index in [4.69, 9.17) is 0 Å². The van der Waals surface area contributed by atoms with Crippen molar-refractivity contribution in [1.82, 2.24) is 15.1 Å². The van der Waals surface area contributed by atoms with Crippen LogP contribution in [0.4, 0.5) is 10.5 Å². The summed E-state index contributed by atoms with van der Waals surface area (Å²) in [5, 5.41) is 5.04. The van der Waals surface area contributed by atoms with Crippen molar-refractivity contribution in [1.29, 1.82) is 0 Å². The van der Waals surface area contributed by atoms with Gasteiger partial charge < -0.3 is 5.32 Å². The fourth-order valence-corrected chi connectivity index (χ4v) is 5.41. The highest BCUT2D eigenvalue weighted by molar-refractivity contribution is 7.10. The Hall–Kier alpha value is -2.71. The number of carbonyl (C=O) groups is 3. The lowest BCUT2D eigenvalue weighted by atomic mass is 9.97. The zero-order chi connectivity index (χ0) is 23.5. The number of thiophene rings is 1. The average molecular weight is 469 g/mol. The van der Waals surface area contributed by atoms with Crippen molar-refractivity contribution < 1.29 is 14.4 Å². The van der Waals surface area contributed by atoms with E-state index in [1.165, 1.54) is 9.78 Å². The Kier molecular flexibility index (Phi) is 7.14. The number of imide groups is 1. The predicted molar refractivity (Wildman–Crippen MR) is 130 cm³/mol. The molecule has 3 heterocycles. The van der Waals surface area contributed by atoms with Crippen molar-refractivity contribution in [3.8, 4) is 0 Å². The Morgan fingerprint density at radius 2 is 1.82 bits per heavy atom. The number of urea groups is 1. The highest BCUT2D eigenvalue weighted by Crippen LogP contribution is 2.29. The molecule has 0 spiro atoms. The molecule has 1 aromatic carbocycles. The van der Waals surface area contributed by atoms with Crippen molar-refractivity contribution in [2.45, 2.75) is 45.7 Å². The van der Waals surface area contributed by atoms with E-state index in [1.807, 2.05) is 37.3 Å². The number of hydrogen-bond donors (Lipinski definition) is 1. The van der Waals surface area contributed by atoms with Gasteiger partial charge >= 0.3 is 6.03 Å². The molecule has 4 amide bonds. The fourth-order valence-electron chi connectivity index (χ4n) is 4.55. The van der Waals surface area contributed by atoms with Crippen LogP contribution in [0.1, 0.15) is 43.2 Å². The number of piperidine rings is 1. The monoisotopic (exact) mass is 468 g/mol. The molecule has 2 atom stereocenters. The maximum Gasteiger partial charge on any atom is 0.332 e. The molecule has 1 aromatic heterocycles. The molecule has 0 bridgehead atoms. The quantitative estimate of drug-likeness (QED) is 0.628. The van der Waals surface area contributed by atoms with Gasteiger partial charge in [-0.1, -0.05) is 30.7 Å². The van der Waals surface area contributed by atoms with Gasteiger partial charge in [0, 0.05) is 17.1 Å². The van der Waals surface area contributed by atoms with Gasteiger partial charge in [0.2, 0.25) is 5.91 Å². The summed E-state index contributed by atoms with van der Waals surface area (Å²) in [6, 6.07) is 10.6. The summed E-state index contributed by atoms with van der Waals surface area (Å²) in [6.45, 7) is 8.15. The van der Waals surface area contributed by atoms with Gasteiger partial charge in [-0.2, -0.15) is 0 Å². The minimum atomic E-state index is -0.637. The number of hydrogen-bond acceptors (Lipinski definition) is 5. The van der Waals surface area contributed by atoms with Gasteiger partial charge in [0.05, 0.1) is 6.04 Å². The first kappa shape index (κ1) is 23.4. The van der Waals surface area contributed by atoms with Crippen LogP contribution in [-0.4, -0.2) is 59.9 Å². The molecular formula is C25H32N4O3S. The lowest BCUT2D eigenvalue weighted by molar-refractivity contribution is -0.132. The molecule has 7 nitrogen and oxygen atoms in total. The van der Waals surface area contributed by atoms with E-state index in [-0.39, 0.29) is 24.4 Å². The molecule has 2 aliphatic heterocycles. The third kappa shape index (κ3) is 5.12. The van der Waals surface area contributed by atoms with Crippen LogP contribution in [0.15, 0.2) is 41.8 Å². The number of nitrogens with one attached hydrogen (secondary N) is 1. The summed E-state index contributed by atoms with van der Waals surface area (Å²) in [5.41, 5.74) is 1.73. The van der Waals surface area contributed by atoms with Crippen LogP contribution in [0.2, 0.25) is 0 Å². The zero-order valence-electron chi connectivity index (χ0n) is 19.5. The largest absolute Gasteiger partial charge is 0.353 e. The maximum atomic E-state index is 13.0. The van der Waals surface area contributed by atoms with E-state index in [0.717, 1.165) is 42.3 Å². The van der Waals surface area contributed by atoms with Gasteiger partial charge in [0.15, 0.2) is 0 Å². The topological polar surface area (TPSA) is 73.0 Å². The number of amides is 4. The standard InChI is InChI=1S/C25H32N4O3S/c1-17-6-8-20(9-7-17)29-19(3)24(31)28(25(29)32)16-23(30)26-15-21(22-5-4-14-33-22)27-12-10-18(2)11-13-27/h4-9,14,18-19,21H,10-13,15-16H2,1-3H3,(H,26,30)/t19-,21+/m0/s1. The molecular weight excluding hydrogens is 436 g/mol. The van der Waals surface area contributed by atoms with Gasteiger partial charge in [0.1, 0.15) is 12.6 Å². The molecule has 176 valence electrons. The number of carbonyl (C=O) groups excluding carboxylic acids is 3. The molecule has 1 N–H and O–H groups in total. The summed E-state index contributed by atoms with van der Waals surface area (Å²) < 4.78 is 0. The number of rotatable bonds is 7. The van der Waals surface area contributed by atoms with Crippen LogP contribution in [0.5, 0.6) is 0 Å². The van der Waals surface area contributed by atoms with Crippen molar-refractivity contribution in [3.05, 3.63) is 52.2 Å². The Morgan fingerprint density at radius 1 is 1.12 bits per heavy atom. The molecule has 2 saturated heterocycles. The second-order valence-electron chi connectivity index (χ2n) is 9.14. The Morgan fingerprint density at radius 3 is 2.45 bits per heavy atom. The predicted octanol–water partition coefficient (Wildman–Crippen LogP) is 3.80. The van der Waals surface area contributed by atoms with E-state index < -0.39 is 12.1 Å². The minimum Gasteiger partial charge on any atom is -0.353 e. The highest BCUT2D eigenvalue weighted by atomic mass is 32.1. The normalized spacial score (nSPS) is 21.0. The molecule has 0 radical (unpaired) electrons. The van der Waals surface area contributed by atoms with E-state index in [0.29, 0.717) is 12.2 Å². The molecule has 4 rings (SSSR count). The van der Waals surface area contributed by atoms with Crippen molar-refractivity contribution in [2.75, 3.05) is 31.1 Å². The third-order valence-electron chi connectivity index (χ3n) is 6.68.